The summed E-state index contributed by atoms with van der Waals surface area (Å²) in [5, 5.41) is 11.6. The number of carbonyl (C=O) groups excluding carboxylic acids is 1. The highest BCUT2D eigenvalue weighted by Gasteiger charge is 2.26. The van der Waals surface area contributed by atoms with Crippen LogP contribution in [0.15, 0.2) is 54.6 Å². The van der Waals surface area contributed by atoms with E-state index in [1.54, 1.807) is 18.2 Å². The van der Waals surface area contributed by atoms with Crippen molar-refractivity contribution in [1.29, 1.82) is 0 Å². The zero-order valence-electron chi connectivity index (χ0n) is 17.5. The van der Waals surface area contributed by atoms with Crippen molar-refractivity contribution in [2.24, 2.45) is 5.92 Å². The molecule has 2 aromatic carbocycles. The lowest BCUT2D eigenvalue weighted by Gasteiger charge is -2.31. The number of carbonyl (C=O) groups is 1. The molecule has 2 aliphatic heterocycles. The summed E-state index contributed by atoms with van der Waals surface area (Å²) in [6.45, 7) is 2.50. The van der Waals surface area contributed by atoms with Crippen LogP contribution in [0.5, 0.6) is 11.5 Å². The van der Waals surface area contributed by atoms with Crippen LogP contribution >= 0.6 is 0 Å². The molecule has 1 saturated heterocycles. The average Bonchev–Trinajstić information content (AvgIpc) is 2.85. The van der Waals surface area contributed by atoms with Gasteiger partial charge in [-0.05, 0) is 61.4 Å². The van der Waals surface area contributed by atoms with E-state index in [9.17, 15) is 9.18 Å². The topological polar surface area (TPSA) is 76.6 Å². The minimum Gasteiger partial charge on any atom is -0.486 e. The Morgan fingerprint density at radius 1 is 0.938 bits per heavy atom. The summed E-state index contributed by atoms with van der Waals surface area (Å²) in [4.78, 5) is 14.9. The molecular weight excluding hydrogens is 411 g/mol. The van der Waals surface area contributed by atoms with Crippen LogP contribution in [0, 0.1) is 11.7 Å². The summed E-state index contributed by atoms with van der Waals surface area (Å²) in [6, 6.07) is 15.4. The Morgan fingerprint density at radius 2 is 1.69 bits per heavy atom. The van der Waals surface area contributed by atoms with Crippen LogP contribution in [0.1, 0.15) is 12.8 Å². The van der Waals surface area contributed by atoms with Crippen molar-refractivity contribution in [2.75, 3.05) is 36.5 Å². The number of aromatic nitrogens is 2. The van der Waals surface area contributed by atoms with E-state index < -0.39 is 0 Å². The summed E-state index contributed by atoms with van der Waals surface area (Å²) >= 11 is 0. The van der Waals surface area contributed by atoms with E-state index >= 15 is 0 Å². The van der Waals surface area contributed by atoms with Crippen LogP contribution in [0.4, 0.5) is 15.9 Å². The maximum atomic E-state index is 13.1. The lowest BCUT2D eigenvalue weighted by atomic mass is 9.95. The molecule has 0 aliphatic carbocycles. The van der Waals surface area contributed by atoms with Crippen molar-refractivity contribution in [3.8, 4) is 22.8 Å². The van der Waals surface area contributed by atoms with Gasteiger partial charge in [0.15, 0.2) is 17.3 Å². The fraction of sp³-hybridized carbons (Fsp3) is 0.292. The fourth-order valence-corrected chi connectivity index (χ4v) is 4.00. The number of anilines is 2. The standard InChI is InChI=1S/C24H23FN4O3/c25-18-3-1-16(2-4-18)20-6-8-23(28-27-20)29-11-9-17(10-12-29)24(30)26-19-5-7-21-22(15-19)32-14-13-31-21/h1-8,15,17H,9-14H2,(H,26,30). The van der Waals surface area contributed by atoms with Crippen molar-refractivity contribution in [2.45, 2.75) is 12.8 Å². The molecule has 0 saturated carbocycles. The van der Waals surface area contributed by atoms with Crippen molar-refractivity contribution >= 4 is 17.4 Å². The predicted octanol–water partition coefficient (Wildman–Crippen LogP) is 3.91. The van der Waals surface area contributed by atoms with Crippen molar-refractivity contribution < 1.29 is 18.7 Å². The van der Waals surface area contributed by atoms with E-state index in [4.69, 9.17) is 9.47 Å². The van der Waals surface area contributed by atoms with Gasteiger partial charge < -0.3 is 19.7 Å². The number of piperidine rings is 1. The van der Waals surface area contributed by atoms with Gasteiger partial charge in [-0.1, -0.05) is 0 Å². The quantitative estimate of drug-likeness (QED) is 0.671. The number of hydrogen-bond acceptors (Lipinski definition) is 6. The van der Waals surface area contributed by atoms with Gasteiger partial charge in [0.05, 0.1) is 5.69 Å². The first kappa shape index (κ1) is 20.2. The largest absolute Gasteiger partial charge is 0.486 e. The number of nitrogens with one attached hydrogen (secondary N) is 1. The number of amides is 1. The van der Waals surface area contributed by atoms with Gasteiger partial charge in [-0.25, -0.2) is 4.39 Å². The molecule has 1 amide bonds. The Labute approximate surface area is 185 Å². The second kappa shape index (κ2) is 8.82. The highest BCUT2D eigenvalue weighted by molar-refractivity contribution is 5.93. The highest BCUT2D eigenvalue weighted by atomic mass is 19.1. The molecule has 0 spiro atoms. The van der Waals surface area contributed by atoms with E-state index in [2.05, 4.69) is 20.4 Å². The van der Waals surface area contributed by atoms with Crippen molar-refractivity contribution in [1.82, 2.24) is 10.2 Å². The van der Waals surface area contributed by atoms with E-state index in [0.717, 1.165) is 37.3 Å². The summed E-state index contributed by atoms with van der Waals surface area (Å²) in [7, 11) is 0. The molecule has 0 unspecified atom stereocenters. The SMILES string of the molecule is O=C(Nc1ccc2c(c1)OCCO2)C1CCN(c2ccc(-c3ccc(F)cc3)nn2)CC1. The third-order valence-corrected chi connectivity index (χ3v) is 5.79. The molecule has 1 aromatic heterocycles. The summed E-state index contributed by atoms with van der Waals surface area (Å²) in [5.74, 6) is 1.81. The van der Waals surface area contributed by atoms with Gasteiger partial charge >= 0.3 is 0 Å². The van der Waals surface area contributed by atoms with E-state index in [1.165, 1.54) is 12.1 Å². The number of benzene rings is 2. The number of fused-ring (bicyclic) bond motifs is 1. The molecule has 5 rings (SSSR count). The molecule has 2 aliphatic rings. The molecule has 0 radical (unpaired) electrons. The molecule has 3 heterocycles. The van der Waals surface area contributed by atoms with Gasteiger partial charge in [0.1, 0.15) is 19.0 Å². The van der Waals surface area contributed by atoms with E-state index in [-0.39, 0.29) is 17.6 Å². The lowest BCUT2D eigenvalue weighted by molar-refractivity contribution is -0.120. The van der Waals surface area contributed by atoms with Crippen molar-refractivity contribution in [3.05, 3.63) is 60.4 Å². The minimum absolute atomic E-state index is 0.0130. The molecule has 0 atom stereocenters. The fourth-order valence-electron chi connectivity index (χ4n) is 4.00. The normalized spacial score (nSPS) is 16.0. The second-order valence-corrected chi connectivity index (χ2v) is 7.89. The first-order valence-corrected chi connectivity index (χ1v) is 10.7. The van der Waals surface area contributed by atoms with Crippen LogP contribution in [-0.2, 0) is 4.79 Å². The average molecular weight is 434 g/mol. The summed E-state index contributed by atoms with van der Waals surface area (Å²) in [6.07, 6.45) is 1.47. The Balaban J connectivity index is 1.17. The molecule has 32 heavy (non-hydrogen) atoms. The number of ether oxygens (including phenoxy) is 2. The first-order valence-electron chi connectivity index (χ1n) is 10.7. The number of nitrogens with zero attached hydrogens (tertiary/aromatic N) is 3. The van der Waals surface area contributed by atoms with E-state index in [0.29, 0.717) is 36.1 Å². The Morgan fingerprint density at radius 3 is 2.41 bits per heavy atom. The smallest absolute Gasteiger partial charge is 0.227 e. The number of halogens is 1. The Hall–Kier alpha value is -3.68. The number of rotatable bonds is 4. The highest BCUT2D eigenvalue weighted by Crippen LogP contribution is 2.33. The maximum absolute atomic E-state index is 13.1. The zero-order chi connectivity index (χ0) is 21.9. The third-order valence-electron chi connectivity index (χ3n) is 5.79. The number of hydrogen-bond donors (Lipinski definition) is 1. The van der Waals surface area contributed by atoms with Crippen LogP contribution < -0.4 is 19.7 Å². The second-order valence-electron chi connectivity index (χ2n) is 7.89. The van der Waals surface area contributed by atoms with Gasteiger partial charge in [0, 0.05) is 36.3 Å². The Bertz CT molecular complexity index is 1100. The first-order chi connectivity index (χ1) is 15.7. The van der Waals surface area contributed by atoms with Gasteiger partial charge in [0.2, 0.25) is 5.91 Å². The van der Waals surface area contributed by atoms with Crippen LogP contribution in [0.2, 0.25) is 0 Å². The van der Waals surface area contributed by atoms with Gasteiger partial charge in [-0.15, -0.1) is 10.2 Å². The maximum Gasteiger partial charge on any atom is 0.227 e. The third kappa shape index (κ3) is 4.34. The molecule has 7 nitrogen and oxygen atoms in total. The minimum atomic E-state index is -0.279. The summed E-state index contributed by atoms with van der Waals surface area (Å²) < 4.78 is 24.2. The van der Waals surface area contributed by atoms with Crippen LogP contribution in [-0.4, -0.2) is 42.4 Å². The van der Waals surface area contributed by atoms with Crippen LogP contribution in [0.25, 0.3) is 11.3 Å². The molecule has 1 fully saturated rings. The molecule has 1 N–H and O–H groups in total. The van der Waals surface area contributed by atoms with Gasteiger partial charge in [0.25, 0.3) is 0 Å². The molecule has 164 valence electrons. The Kier molecular flexibility index (Phi) is 5.58. The van der Waals surface area contributed by atoms with E-state index in [1.807, 2.05) is 24.3 Å². The van der Waals surface area contributed by atoms with Crippen LogP contribution in [0.3, 0.4) is 0 Å². The monoisotopic (exact) mass is 434 g/mol. The van der Waals surface area contributed by atoms with Gasteiger partial charge in [-0.2, -0.15) is 0 Å². The molecule has 3 aromatic rings. The predicted molar refractivity (Wildman–Crippen MR) is 118 cm³/mol. The molecule has 0 bridgehead atoms. The van der Waals surface area contributed by atoms with Crippen molar-refractivity contribution in [3.63, 3.8) is 0 Å². The van der Waals surface area contributed by atoms with Gasteiger partial charge in [-0.3, -0.25) is 4.79 Å². The lowest BCUT2D eigenvalue weighted by Crippen LogP contribution is -2.38. The summed E-state index contributed by atoms with van der Waals surface area (Å²) in [5.41, 5.74) is 2.23. The molecule has 8 heteroatoms. The zero-order valence-corrected chi connectivity index (χ0v) is 17.5. The molecular formula is C24H23FN4O3.